The number of ether oxygens (including phenoxy) is 1. The third-order valence-corrected chi connectivity index (χ3v) is 2.40. The van der Waals surface area contributed by atoms with Crippen LogP contribution < -0.4 is 4.74 Å². The quantitative estimate of drug-likeness (QED) is 0.739. The molecule has 0 saturated heterocycles. The van der Waals surface area contributed by atoms with Crippen molar-refractivity contribution in [1.82, 2.24) is 4.90 Å². The Morgan fingerprint density at radius 2 is 1.94 bits per heavy atom. The van der Waals surface area contributed by atoms with Crippen LogP contribution in [0.4, 0.5) is 0 Å². The van der Waals surface area contributed by atoms with Crippen LogP contribution in [0.1, 0.15) is 12.8 Å². The number of rotatable bonds is 8. The second kappa shape index (κ2) is 9.74. The molecule has 1 rings (SSSR count). The van der Waals surface area contributed by atoms with Crippen LogP contribution in [-0.4, -0.2) is 42.7 Å². The zero-order valence-electron chi connectivity index (χ0n) is 10.5. The van der Waals surface area contributed by atoms with Gasteiger partial charge in [-0.2, -0.15) is 0 Å². The van der Waals surface area contributed by atoms with Crippen LogP contribution >= 0.6 is 12.4 Å². The lowest BCUT2D eigenvalue weighted by atomic mass is 10.3. The second-order valence-electron chi connectivity index (χ2n) is 3.96. The third kappa shape index (κ3) is 7.92. The SMILES string of the molecule is CN(CCCOc1ccccc1)CCC(=O)O.Cl. The van der Waals surface area contributed by atoms with Gasteiger partial charge in [-0.05, 0) is 25.6 Å². The van der Waals surface area contributed by atoms with Gasteiger partial charge in [0.1, 0.15) is 5.75 Å². The van der Waals surface area contributed by atoms with E-state index in [-0.39, 0.29) is 18.8 Å². The maximum Gasteiger partial charge on any atom is 0.304 e. The maximum absolute atomic E-state index is 10.4. The van der Waals surface area contributed by atoms with Gasteiger partial charge < -0.3 is 14.7 Å². The summed E-state index contributed by atoms with van der Waals surface area (Å²) in [7, 11) is 1.92. The van der Waals surface area contributed by atoms with Gasteiger partial charge >= 0.3 is 5.97 Å². The van der Waals surface area contributed by atoms with Gasteiger partial charge in [0.2, 0.25) is 0 Å². The van der Waals surface area contributed by atoms with Gasteiger partial charge in [0.05, 0.1) is 13.0 Å². The predicted molar refractivity (Wildman–Crippen MR) is 73.6 cm³/mol. The number of para-hydroxylation sites is 1. The Kier molecular flexibility index (Phi) is 9.06. The average molecular weight is 274 g/mol. The van der Waals surface area contributed by atoms with Gasteiger partial charge in [-0.3, -0.25) is 4.79 Å². The summed E-state index contributed by atoms with van der Waals surface area (Å²) in [6.07, 6.45) is 1.08. The molecule has 102 valence electrons. The minimum absolute atomic E-state index is 0. The molecule has 0 unspecified atom stereocenters. The lowest BCUT2D eigenvalue weighted by Gasteiger charge is -2.15. The number of hydrogen-bond donors (Lipinski definition) is 1. The average Bonchev–Trinajstić information content (AvgIpc) is 2.33. The highest BCUT2D eigenvalue weighted by atomic mass is 35.5. The van der Waals surface area contributed by atoms with Crippen molar-refractivity contribution in [3.8, 4) is 5.75 Å². The number of carboxylic acid groups (broad SMARTS) is 1. The summed E-state index contributed by atoms with van der Waals surface area (Å²) in [5.74, 6) is 0.123. The first-order valence-electron chi connectivity index (χ1n) is 5.76. The van der Waals surface area contributed by atoms with Gasteiger partial charge in [-0.15, -0.1) is 12.4 Å². The molecule has 1 aromatic rings. The van der Waals surface area contributed by atoms with Crippen LogP contribution in [0.5, 0.6) is 5.75 Å². The molecule has 18 heavy (non-hydrogen) atoms. The van der Waals surface area contributed by atoms with E-state index in [0.29, 0.717) is 13.2 Å². The number of nitrogens with zero attached hydrogens (tertiary/aromatic N) is 1. The molecule has 0 aliphatic rings. The Labute approximate surface area is 114 Å². The number of carbonyl (C=O) groups is 1. The fourth-order valence-corrected chi connectivity index (χ4v) is 1.44. The van der Waals surface area contributed by atoms with Crippen LogP contribution in [0.25, 0.3) is 0 Å². The standard InChI is InChI=1S/C13H19NO3.ClH/c1-14(10-8-13(15)16)9-5-11-17-12-6-3-2-4-7-12;/h2-4,6-7H,5,8-11H2,1H3,(H,15,16);1H. The number of halogens is 1. The fourth-order valence-electron chi connectivity index (χ4n) is 1.44. The Morgan fingerprint density at radius 1 is 1.28 bits per heavy atom. The van der Waals surface area contributed by atoms with Gasteiger partial charge in [0.15, 0.2) is 0 Å². The molecule has 0 saturated carbocycles. The minimum atomic E-state index is -0.752. The Morgan fingerprint density at radius 3 is 2.56 bits per heavy atom. The van der Waals surface area contributed by atoms with Gasteiger partial charge in [0.25, 0.3) is 0 Å². The van der Waals surface area contributed by atoms with Gasteiger partial charge in [-0.25, -0.2) is 0 Å². The molecule has 0 bridgehead atoms. The van der Waals surface area contributed by atoms with Crippen LogP contribution in [0.3, 0.4) is 0 Å². The molecule has 0 fully saturated rings. The maximum atomic E-state index is 10.4. The highest BCUT2D eigenvalue weighted by Crippen LogP contribution is 2.08. The zero-order chi connectivity index (χ0) is 12.5. The van der Waals surface area contributed by atoms with E-state index >= 15 is 0 Å². The molecule has 0 aliphatic carbocycles. The van der Waals surface area contributed by atoms with E-state index < -0.39 is 5.97 Å². The summed E-state index contributed by atoms with van der Waals surface area (Å²) in [5.41, 5.74) is 0. The first kappa shape index (κ1) is 16.7. The van der Waals surface area contributed by atoms with Crippen molar-refractivity contribution < 1.29 is 14.6 Å². The Balaban J connectivity index is 0.00000289. The van der Waals surface area contributed by atoms with E-state index in [2.05, 4.69) is 0 Å². The fraction of sp³-hybridized carbons (Fsp3) is 0.462. The van der Waals surface area contributed by atoms with Crippen LogP contribution in [-0.2, 0) is 4.79 Å². The van der Waals surface area contributed by atoms with Crippen molar-refractivity contribution >= 4 is 18.4 Å². The molecule has 1 aromatic carbocycles. The minimum Gasteiger partial charge on any atom is -0.494 e. The van der Waals surface area contributed by atoms with E-state index in [1.807, 2.05) is 42.3 Å². The van der Waals surface area contributed by atoms with Crippen molar-refractivity contribution in [3.05, 3.63) is 30.3 Å². The summed E-state index contributed by atoms with van der Waals surface area (Å²) in [4.78, 5) is 12.4. The van der Waals surface area contributed by atoms with Gasteiger partial charge in [-0.1, -0.05) is 18.2 Å². The summed E-state index contributed by atoms with van der Waals surface area (Å²) in [6, 6.07) is 9.68. The summed E-state index contributed by atoms with van der Waals surface area (Å²) >= 11 is 0. The molecular weight excluding hydrogens is 254 g/mol. The van der Waals surface area contributed by atoms with Crippen LogP contribution in [0, 0.1) is 0 Å². The summed E-state index contributed by atoms with van der Waals surface area (Å²) < 4.78 is 5.54. The monoisotopic (exact) mass is 273 g/mol. The lowest BCUT2D eigenvalue weighted by molar-refractivity contribution is -0.137. The van der Waals surface area contributed by atoms with E-state index in [1.54, 1.807) is 0 Å². The van der Waals surface area contributed by atoms with E-state index in [1.165, 1.54) is 0 Å². The number of benzene rings is 1. The molecule has 4 nitrogen and oxygen atoms in total. The molecule has 0 atom stereocenters. The molecule has 0 amide bonds. The van der Waals surface area contributed by atoms with Crippen LogP contribution in [0.2, 0.25) is 0 Å². The van der Waals surface area contributed by atoms with Crippen molar-refractivity contribution in [2.75, 3.05) is 26.7 Å². The second-order valence-corrected chi connectivity index (χ2v) is 3.96. The Hall–Kier alpha value is -1.26. The zero-order valence-corrected chi connectivity index (χ0v) is 11.4. The molecule has 0 aromatic heterocycles. The van der Waals surface area contributed by atoms with Gasteiger partial charge in [0, 0.05) is 13.1 Å². The highest BCUT2D eigenvalue weighted by Gasteiger charge is 2.02. The Bertz CT molecular complexity index is 332. The molecule has 0 aliphatic heterocycles. The predicted octanol–water partition coefficient (Wildman–Crippen LogP) is 2.28. The third-order valence-electron chi connectivity index (χ3n) is 2.40. The molecule has 5 heteroatoms. The van der Waals surface area contributed by atoms with Crippen molar-refractivity contribution in [2.24, 2.45) is 0 Å². The van der Waals surface area contributed by atoms with Crippen molar-refractivity contribution in [3.63, 3.8) is 0 Å². The largest absolute Gasteiger partial charge is 0.494 e. The lowest BCUT2D eigenvalue weighted by Crippen LogP contribution is -2.24. The molecular formula is C13H20ClNO3. The molecule has 0 spiro atoms. The van der Waals surface area contributed by atoms with Crippen LogP contribution in [0.15, 0.2) is 30.3 Å². The molecule has 1 N–H and O–H groups in total. The summed E-state index contributed by atoms with van der Waals surface area (Å²) in [6.45, 7) is 2.09. The topological polar surface area (TPSA) is 49.8 Å². The number of carboxylic acids is 1. The van der Waals surface area contributed by atoms with E-state index in [9.17, 15) is 4.79 Å². The van der Waals surface area contributed by atoms with Crippen molar-refractivity contribution in [1.29, 1.82) is 0 Å². The van der Waals surface area contributed by atoms with Crippen molar-refractivity contribution in [2.45, 2.75) is 12.8 Å². The molecule has 0 radical (unpaired) electrons. The van der Waals surface area contributed by atoms with E-state index in [0.717, 1.165) is 18.7 Å². The summed E-state index contributed by atoms with van der Waals surface area (Å²) in [5, 5.41) is 8.53. The smallest absolute Gasteiger partial charge is 0.304 e. The first-order chi connectivity index (χ1) is 8.18. The van der Waals surface area contributed by atoms with E-state index in [4.69, 9.17) is 9.84 Å². The number of aliphatic carboxylic acids is 1. The number of hydrogen-bond acceptors (Lipinski definition) is 3. The highest BCUT2D eigenvalue weighted by molar-refractivity contribution is 5.85. The normalized spacial score (nSPS) is 9.89. The molecule has 0 heterocycles. The first-order valence-corrected chi connectivity index (χ1v) is 5.76.